The summed E-state index contributed by atoms with van der Waals surface area (Å²) in [4.78, 5) is 37.2. The number of amides is 1. The van der Waals surface area contributed by atoms with Gasteiger partial charge < -0.3 is 10.0 Å². The van der Waals surface area contributed by atoms with Crippen LogP contribution in [0.3, 0.4) is 0 Å². The van der Waals surface area contributed by atoms with E-state index in [4.69, 9.17) is 5.11 Å². The SMILES string of the molecule is CCC(C)(C)C(=O)C(=O)N1CCC[C@@H]1CCCCCCCCC(=O)O. The third-order valence-electron chi connectivity index (χ3n) is 5.51. The maximum Gasteiger partial charge on any atom is 0.303 e. The molecule has 0 saturated carbocycles. The van der Waals surface area contributed by atoms with Crippen molar-refractivity contribution in [3.05, 3.63) is 0 Å². The van der Waals surface area contributed by atoms with E-state index in [1.165, 1.54) is 0 Å². The van der Waals surface area contributed by atoms with Gasteiger partial charge in [0.05, 0.1) is 0 Å². The van der Waals surface area contributed by atoms with Crippen molar-refractivity contribution in [1.29, 1.82) is 0 Å². The molecule has 0 aromatic rings. The molecule has 1 heterocycles. The Morgan fingerprint density at radius 1 is 1.04 bits per heavy atom. The monoisotopic (exact) mass is 353 g/mol. The molecule has 144 valence electrons. The number of ketones is 1. The minimum absolute atomic E-state index is 0.219. The smallest absolute Gasteiger partial charge is 0.303 e. The van der Waals surface area contributed by atoms with Crippen molar-refractivity contribution in [1.82, 2.24) is 4.90 Å². The van der Waals surface area contributed by atoms with E-state index >= 15 is 0 Å². The lowest BCUT2D eigenvalue weighted by molar-refractivity contribution is -0.149. The number of aliphatic carboxylic acids is 1. The Morgan fingerprint density at radius 3 is 2.24 bits per heavy atom. The highest BCUT2D eigenvalue weighted by Gasteiger charge is 2.38. The largest absolute Gasteiger partial charge is 0.481 e. The summed E-state index contributed by atoms with van der Waals surface area (Å²) in [6.07, 6.45) is 10.0. The molecule has 1 aliphatic heterocycles. The normalized spacial score (nSPS) is 17.7. The summed E-state index contributed by atoms with van der Waals surface area (Å²) in [6.45, 7) is 6.36. The van der Waals surface area contributed by atoms with Gasteiger partial charge in [0.15, 0.2) is 0 Å². The fraction of sp³-hybridized carbons (Fsp3) is 0.850. The number of Topliss-reactive ketones (excluding diaryl/α,β-unsaturated/α-hetero) is 1. The number of carboxylic acids is 1. The maximum absolute atomic E-state index is 12.6. The Morgan fingerprint density at radius 2 is 1.64 bits per heavy atom. The molecule has 0 bridgehead atoms. The first kappa shape index (κ1) is 21.7. The van der Waals surface area contributed by atoms with Gasteiger partial charge in [-0.2, -0.15) is 0 Å². The minimum atomic E-state index is -0.716. The van der Waals surface area contributed by atoms with E-state index in [1.54, 1.807) is 0 Å². The molecule has 1 rings (SSSR count). The molecule has 0 radical (unpaired) electrons. The highest BCUT2D eigenvalue weighted by molar-refractivity contribution is 6.38. The lowest BCUT2D eigenvalue weighted by atomic mass is 9.84. The predicted octanol–water partition coefficient (Wildman–Crippen LogP) is 4.19. The number of carboxylic acid groups (broad SMARTS) is 1. The Bertz CT molecular complexity index is 459. The summed E-state index contributed by atoms with van der Waals surface area (Å²) >= 11 is 0. The van der Waals surface area contributed by atoms with Gasteiger partial charge in [0.25, 0.3) is 5.91 Å². The number of hydrogen-bond acceptors (Lipinski definition) is 3. The molecule has 1 saturated heterocycles. The van der Waals surface area contributed by atoms with Gasteiger partial charge in [-0.15, -0.1) is 0 Å². The minimum Gasteiger partial charge on any atom is -0.481 e. The second kappa shape index (κ2) is 10.6. The van der Waals surface area contributed by atoms with Gasteiger partial charge in [0.1, 0.15) is 0 Å². The molecule has 0 aromatic heterocycles. The Hall–Kier alpha value is -1.39. The van der Waals surface area contributed by atoms with Crippen molar-refractivity contribution >= 4 is 17.7 Å². The Labute approximate surface area is 152 Å². The van der Waals surface area contributed by atoms with Crippen LogP contribution in [0.1, 0.15) is 91.4 Å². The fourth-order valence-corrected chi connectivity index (χ4v) is 3.35. The average molecular weight is 354 g/mol. The van der Waals surface area contributed by atoms with Crippen molar-refractivity contribution in [3.63, 3.8) is 0 Å². The fourth-order valence-electron chi connectivity index (χ4n) is 3.35. The third-order valence-corrected chi connectivity index (χ3v) is 5.51. The van der Waals surface area contributed by atoms with Crippen molar-refractivity contribution in [2.75, 3.05) is 6.54 Å². The van der Waals surface area contributed by atoms with Crippen molar-refractivity contribution in [2.24, 2.45) is 5.41 Å². The number of carbonyl (C=O) groups is 3. The first-order chi connectivity index (χ1) is 11.8. The zero-order valence-electron chi connectivity index (χ0n) is 16.2. The highest BCUT2D eigenvalue weighted by atomic mass is 16.4. The standard InChI is InChI=1S/C20H35NO4/c1-4-20(2,3)18(24)19(25)21-15-11-13-16(21)12-9-7-5-6-8-10-14-17(22)23/h16H,4-15H2,1-3H3,(H,22,23)/t16-/m0/s1. The molecular weight excluding hydrogens is 318 g/mol. The molecule has 1 aliphatic rings. The third kappa shape index (κ3) is 7.17. The van der Waals surface area contributed by atoms with Gasteiger partial charge >= 0.3 is 5.97 Å². The van der Waals surface area contributed by atoms with Crippen molar-refractivity contribution in [3.8, 4) is 0 Å². The van der Waals surface area contributed by atoms with E-state index in [2.05, 4.69) is 0 Å². The van der Waals surface area contributed by atoms with E-state index in [1.807, 2.05) is 25.7 Å². The number of rotatable bonds is 12. The van der Waals surface area contributed by atoms with E-state index in [-0.39, 0.29) is 24.2 Å². The molecule has 1 fully saturated rings. The van der Waals surface area contributed by atoms with Crippen LogP contribution in [0.15, 0.2) is 0 Å². The van der Waals surface area contributed by atoms with Crippen LogP contribution in [0, 0.1) is 5.41 Å². The quantitative estimate of drug-likeness (QED) is 0.422. The van der Waals surface area contributed by atoms with Crippen LogP contribution in [0.25, 0.3) is 0 Å². The van der Waals surface area contributed by atoms with Crippen LogP contribution in [0.5, 0.6) is 0 Å². The molecule has 1 atom stereocenters. The molecule has 1 N–H and O–H groups in total. The van der Waals surface area contributed by atoms with E-state index in [0.717, 1.165) is 57.8 Å². The van der Waals surface area contributed by atoms with Crippen molar-refractivity contribution in [2.45, 2.75) is 97.4 Å². The number of nitrogens with zero attached hydrogens (tertiary/aromatic N) is 1. The Kier molecular flexibility index (Phi) is 9.15. The van der Waals surface area contributed by atoms with Crippen LogP contribution in [0.4, 0.5) is 0 Å². The zero-order chi connectivity index (χ0) is 18.9. The van der Waals surface area contributed by atoms with Gasteiger partial charge in [0, 0.05) is 24.4 Å². The summed E-state index contributed by atoms with van der Waals surface area (Å²) in [5, 5.41) is 8.59. The van der Waals surface area contributed by atoms with Gasteiger partial charge in [-0.3, -0.25) is 14.4 Å². The second-order valence-electron chi connectivity index (χ2n) is 7.91. The number of unbranched alkanes of at least 4 members (excludes halogenated alkanes) is 5. The van der Waals surface area contributed by atoms with Crippen LogP contribution in [-0.4, -0.2) is 40.3 Å². The Balaban J connectivity index is 2.28. The van der Waals surface area contributed by atoms with Crippen LogP contribution < -0.4 is 0 Å². The number of likely N-dealkylation sites (tertiary alicyclic amines) is 1. The second-order valence-corrected chi connectivity index (χ2v) is 7.91. The number of carbonyl (C=O) groups excluding carboxylic acids is 2. The van der Waals surface area contributed by atoms with E-state index < -0.39 is 11.4 Å². The molecular formula is C20H35NO4. The lowest BCUT2D eigenvalue weighted by Gasteiger charge is -2.28. The van der Waals surface area contributed by atoms with Crippen LogP contribution >= 0.6 is 0 Å². The average Bonchev–Trinajstić information content (AvgIpc) is 3.04. The van der Waals surface area contributed by atoms with Gasteiger partial charge in [-0.05, 0) is 32.1 Å². The summed E-state index contributed by atoms with van der Waals surface area (Å²) in [5.41, 5.74) is -0.569. The van der Waals surface area contributed by atoms with Crippen LogP contribution in [-0.2, 0) is 14.4 Å². The predicted molar refractivity (Wildman–Crippen MR) is 98.4 cm³/mol. The van der Waals surface area contributed by atoms with Gasteiger partial charge in [-0.25, -0.2) is 0 Å². The van der Waals surface area contributed by atoms with E-state index in [9.17, 15) is 14.4 Å². The summed E-state index contributed by atoms with van der Waals surface area (Å²) in [6, 6.07) is 0.219. The molecule has 5 nitrogen and oxygen atoms in total. The van der Waals surface area contributed by atoms with Crippen LogP contribution in [0.2, 0.25) is 0 Å². The zero-order valence-corrected chi connectivity index (χ0v) is 16.2. The highest BCUT2D eigenvalue weighted by Crippen LogP contribution is 2.27. The van der Waals surface area contributed by atoms with Gasteiger partial charge in [0.2, 0.25) is 5.78 Å². The lowest BCUT2D eigenvalue weighted by Crippen LogP contribution is -2.44. The molecule has 5 heteroatoms. The first-order valence-electron chi connectivity index (χ1n) is 9.86. The van der Waals surface area contributed by atoms with Gasteiger partial charge in [-0.1, -0.05) is 52.9 Å². The molecule has 0 spiro atoms. The first-order valence-corrected chi connectivity index (χ1v) is 9.86. The summed E-state index contributed by atoms with van der Waals surface area (Å²) in [7, 11) is 0. The van der Waals surface area contributed by atoms with Crippen molar-refractivity contribution < 1.29 is 19.5 Å². The molecule has 0 aromatic carbocycles. The number of hydrogen-bond donors (Lipinski definition) is 1. The molecule has 0 aliphatic carbocycles. The molecule has 0 unspecified atom stereocenters. The van der Waals surface area contributed by atoms with E-state index in [0.29, 0.717) is 13.0 Å². The molecule has 25 heavy (non-hydrogen) atoms. The summed E-state index contributed by atoms with van der Waals surface area (Å²) in [5.74, 6) is -1.25. The summed E-state index contributed by atoms with van der Waals surface area (Å²) < 4.78 is 0. The molecule has 1 amide bonds. The maximum atomic E-state index is 12.6. The topological polar surface area (TPSA) is 74.7 Å².